The van der Waals surface area contributed by atoms with Crippen LogP contribution in [0.4, 0.5) is 4.39 Å². The van der Waals surface area contributed by atoms with Gasteiger partial charge in [-0.3, -0.25) is 0 Å². The van der Waals surface area contributed by atoms with Crippen LogP contribution in [-0.2, 0) is 20.9 Å². The van der Waals surface area contributed by atoms with Gasteiger partial charge in [-0.15, -0.1) is 0 Å². The van der Waals surface area contributed by atoms with Crippen LogP contribution < -0.4 is 0 Å². The third-order valence-electron chi connectivity index (χ3n) is 2.50. The van der Waals surface area contributed by atoms with Gasteiger partial charge in [-0.1, -0.05) is 30.3 Å². The first-order valence-electron chi connectivity index (χ1n) is 6.24. The molecule has 19 heavy (non-hydrogen) atoms. The Balaban J connectivity index is 2.34. The quantitative estimate of drug-likeness (QED) is 0.562. The van der Waals surface area contributed by atoms with Crippen molar-refractivity contribution >= 4 is 5.97 Å². The first-order valence-corrected chi connectivity index (χ1v) is 6.24. The Morgan fingerprint density at radius 1 is 1.37 bits per heavy atom. The summed E-state index contributed by atoms with van der Waals surface area (Å²) in [5, 5.41) is 0. The number of hydrogen-bond donors (Lipinski definition) is 0. The third-order valence-corrected chi connectivity index (χ3v) is 2.50. The van der Waals surface area contributed by atoms with Crippen molar-refractivity contribution in [3.8, 4) is 0 Å². The maximum atomic E-state index is 13.7. The van der Waals surface area contributed by atoms with Gasteiger partial charge in [-0.25, -0.2) is 9.18 Å². The Hall–Kier alpha value is -1.68. The lowest BCUT2D eigenvalue weighted by molar-refractivity contribution is -0.137. The zero-order valence-corrected chi connectivity index (χ0v) is 11.3. The molecule has 0 amide bonds. The number of ether oxygens (including phenoxy) is 2. The monoisotopic (exact) mass is 266 g/mol. The van der Waals surface area contributed by atoms with Crippen molar-refractivity contribution in [2.75, 3.05) is 13.2 Å². The molecule has 0 fully saturated rings. The minimum atomic E-state index is -1.30. The summed E-state index contributed by atoms with van der Waals surface area (Å²) in [6.07, 6.45) is -0.131. The molecule has 1 rings (SSSR count). The van der Waals surface area contributed by atoms with Crippen molar-refractivity contribution in [2.24, 2.45) is 0 Å². The van der Waals surface area contributed by atoms with E-state index >= 15 is 0 Å². The van der Waals surface area contributed by atoms with Gasteiger partial charge >= 0.3 is 5.97 Å². The van der Waals surface area contributed by atoms with Crippen molar-refractivity contribution < 1.29 is 18.7 Å². The SMILES string of the molecule is CCOC(=O)/C=C(\C)[C@H](F)COCc1ccccc1. The predicted molar refractivity (Wildman–Crippen MR) is 71.4 cm³/mol. The topological polar surface area (TPSA) is 35.5 Å². The molecule has 0 bridgehead atoms. The van der Waals surface area contributed by atoms with Crippen LogP contribution in [0.5, 0.6) is 0 Å². The smallest absolute Gasteiger partial charge is 0.330 e. The van der Waals surface area contributed by atoms with E-state index in [9.17, 15) is 9.18 Å². The van der Waals surface area contributed by atoms with Crippen LogP contribution in [0.15, 0.2) is 42.0 Å². The minimum absolute atomic E-state index is 0.0728. The average molecular weight is 266 g/mol. The van der Waals surface area contributed by atoms with Crippen LogP contribution in [0.3, 0.4) is 0 Å². The summed E-state index contributed by atoms with van der Waals surface area (Å²) < 4.78 is 23.7. The molecular formula is C15H19FO3. The van der Waals surface area contributed by atoms with Crippen LogP contribution in [0.1, 0.15) is 19.4 Å². The third kappa shape index (κ3) is 6.15. The molecule has 1 aromatic carbocycles. The van der Waals surface area contributed by atoms with E-state index in [0.29, 0.717) is 12.2 Å². The second kappa shape index (κ2) is 8.43. The van der Waals surface area contributed by atoms with Crippen molar-refractivity contribution in [2.45, 2.75) is 26.6 Å². The molecule has 0 aliphatic rings. The van der Waals surface area contributed by atoms with E-state index in [1.807, 2.05) is 30.3 Å². The zero-order valence-electron chi connectivity index (χ0n) is 11.3. The molecule has 0 aliphatic carbocycles. The molecule has 0 heterocycles. The molecule has 1 atom stereocenters. The molecule has 0 N–H and O–H groups in total. The van der Waals surface area contributed by atoms with Crippen molar-refractivity contribution in [1.82, 2.24) is 0 Å². The maximum absolute atomic E-state index is 13.7. The molecule has 1 aromatic rings. The van der Waals surface area contributed by atoms with Crippen molar-refractivity contribution in [3.05, 3.63) is 47.5 Å². The number of halogens is 1. The second-order valence-electron chi connectivity index (χ2n) is 4.11. The van der Waals surface area contributed by atoms with Crippen LogP contribution in [0.25, 0.3) is 0 Å². The predicted octanol–water partition coefficient (Wildman–Crippen LogP) is 3.05. The van der Waals surface area contributed by atoms with Gasteiger partial charge in [0.05, 0.1) is 19.8 Å². The molecule has 104 valence electrons. The fourth-order valence-corrected chi connectivity index (χ4v) is 1.45. The van der Waals surface area contributed by atoms with Crippen LogP contribution in [-0.4, -0.2) is 25.4 Å². The van der Waals surface area contributed by atoms with Gasteiger partial charge in [-0.2, -0.15) is 0 Å². The van der Waals surface area contributed by atoms with Crippen molar-refractivity contribution in [3.63, 3.8) is 0 Å². The molecule has 0 saturated carbocycles. The number of carbonyl (C=O) groups is 1. The van der Waals surface area contributed by atoms with Gasteiger partial charge in [0.2, 0.25) is 0 Å². The molecule has 0 aliphatic heterocycles. The summed E-state index contributed by atoms with van der Waals surface area (Å²) in [6.45, 7) is 3.82. The van der Waals surface area contributed by atoms with Crippen molar-refractivity contribution in [1.29, 1.82) is 0 Å². The standard InChI is InChI=1S/C15H19FO3/c1-3-19-15(17)9-12(2)14(16)11-18-10-13-7-5-4-6-8-13/h4-9,14H,3,10-11H2,1-2H3/b12-9+/t14-/m1/s1. The molecule has 0 saturated heterocycles. The summed E-state index contributed by atoms with van der Waals surface area (Å²) >= 11 is 0. The maximum Gasteiger partial charge on any atom is 0.330 e. The van der Waals surface area contributed by atoms with Crippen LogP contribution in [0, 0.1) is 0 Å². The van der Waals surface area contributed by atoms with E-state index in [2.05, 4.69) is 0 Å². The number of carbonyl (C=O) groups excluding carboxylic acids is 1. The van der Waals surface area contributed by atoms with Gasteiger partial charge in [0.25, 0.3) is 0 Å². The van der Waals surface area contributed by atoms with E-state index in [1.165, 1.54) is 6.08 Å². The van der Waals surface area contributed by atoms with Gasteiger partial charge in [0, 0.05) is 6.08 Å². The Bertz CT molecular complexity index is 415. The Morgan fingerprint density at radius 2 is 2.05 bits per heavy atom. The normalized spacial score (nSPS) is 13.1. The number of benzene rings is 1. The first-order chi connectivity index (χ1) is 9.13. The molecule has 0 radical (unpaired) electrons. The van der Waals surface area contributed by atoms with Gasteiger partial charge < -0.3 is 9.47 Å². The zero-order chi connectivity index (χ0) is 14.1. The number of alkyl halides is 1. The fraction of sp³-hybridized carbons (Fsp3) is 0.400. The number of rotatable bonds is 7. The lowest BCUT2D eigenvalue weighted by atomic mass is 10.2. The fourth-order valence-electron chi connectivity index (χ4n) is 1.45. The van der Waals surface area contributed by atoms with E-state index in [-0.39, 0.29) is 13.2 Å². The first kappa shape index (κ1) is 15.4. The molecule has 0 unspecified atom stereocenters. The highest BCUT2D eigenvalue weighted by molar-refractivity contribution is 5.82. The minimum Gasteiger partial charge on any atom is -0.463 e. The summed E-state index contributed by atoms with van der Waals surface area (Å²) in [6, 6.07) is 9.53. The highest BCUT2D eigenvalue weighted by Crippen LogP contribution is 2.09. The Kier molecular flexibility index (Phi) is 6.82. The van der Waals surface area contributed by atoms with Gasteiger partial charge in [0.15, 0.2) is 0 Å². The van der Waals surface area contributed by atoms with E-state index in [1.54, 1.807) is 13.8 Å². The Morgan fingerprint density at radius 3 is 2.68 bits per heavy atom. The molecular weight excluding hydrogens is 247 g/mol. The lowest BCUT2D eigenvalue weighted by Crippen LogP contribution is -2.13. The number of hydrogen-bond acceptors (Lipinski definition) is 3. The van der Waals surface area contributed by atoms with E-state index in [4.69, 9.17) is 9.47 Å². The largest absolute Gasteiger partial charge is 0.463 e. The molecule has 4 heteroatoms. The number of esters is 1. The highest BCUT2D eigenvalue weighted by atomic mass is 19.1. The summed E-state index contributed by atoms with van der Waals surface area (Å²) in [7, 11) is 0. The van der Waals surface area contributed by atoms with Crippen LogP contribution >= 0.6 is 0 Å². The van der Waals surface area contributed by atoms with Gasteiger partial charge in [0.1, 0.15) is 6.17 Å². The Labute approximate surface area is 113 Å². The molecule has 0 aromatic heterocycles. The summed E-state index contributed by atoms with van der Waals surface area (Å²) in [4.78, 5) is 11.1. The van der Waals surface area contributed by atoms with Crippen LogP contribution in [0.2, 0.25) is 0 Å². The van der Waals surface area contributed by atoms with E-state index in [0.717, 1.165) is 5.56 Å². The highest BCUT2D eigenvalue weighted by Gasteiger charge is 2.11. The average Bonchev–Trinajstić information content (AvgIpc) is 2.40. The van der Waals surface area contributed by atoms with E-state index < -0.39 is 12.1 Å². The summed E-state index contributed by atoms with van der Waals surface area (Å²) in [5.74, 6) is -0.522. The van der Waals surface area contributed by atoms with Gasteiger partial charge in [-0.05, 0) is 25.0 Å². The lowest BCUT2D eigenvalue weighted by Gasteiger charge is -2.10. The second-order valence-corrected chi connectivity index (χ2v) is 4.11. The summed E-state index contributed by atoms with van der Waals surface area (Å²) in [5.41, 5.74) is 1.30. The molecule has 0 spiro atoms. The molecule has 3 nitrogen and oxygen atoms in total.